The molecule has 0 spiro atoms. The lowest BCUT2D eigenvalue weighted by molar-refractivity contribution is -0.120. The van der Waals surface area contributed by atoms with E-state index in [1.165, 1.54) is 11.3 Å². The zero-order valence-corrected chi connectivity index (χ0v) is 10.6. The van der Waals surface area contributed by atoms with Crippen LogP contribution in [0.2, 0.25) is 0 Å². The van der Waals surface area contributed by atoms with Crippen molar-refractivity contribution < 1.29 is 4.79 Å². The van der Waals surface area contributed by atoms with Crippen molar-refractivity contribution in [1.82, 2.24) is 15.3 Å². The first-order chi connectivity index (χ1) is 8.78. The van der Waals surface area contributed by atoms with Gasteiger partial charge in [0.15, 0.2) is 0 Å². The number of carbonyl (C=O) groups is 1. The summed E-state index contributed by atoms with van der Waals surface area (Å²) in [4.78, 5) is 19.9. The topological polar surface area (TPSA) is 80.9 Å². The van der Waals surface area contributed by atoms with Crippen LogP contribution < -0.4 is 11.1 Å². The van der Waals surface area contributed by atoms with E-state index in [0.717, 1.165) is 16.3 Å². The highest BCUT2D eigenvalue weighted by molar-refractivity contribution is 7.09. The van der Waals surface area contributed by atoms with E-state index < -0.39 is 0 Å². The second-order valence-corrected chi connectivity index (χ2v) is 4.69. The van der Waals surface area contributed by atoms with Gasteiger partial charge in [0.2, 0.25) is 5.91 Å². The van der Waals surface area contributed by atoms with Crippen LogP contribution in [-0.4, -0.2) is 15.9 Å². The van der Waals surface area contributed by atoms with Crippen LogP contribution in [0.5, 0.6) is 0 Å². The van der Waals surface area contributed by atoms with E-state index in [-0.39, 0.29) is 12.3 Å². The number of amides is 1. The fourth-order valence-electron chi connectivity index (χ4n) is 1.45. The third-order valence-corrected chi connectivity index (χ3v) is 3.25. The van der Waals surface area contributed by atoms with Gasteiger partial charge >= 0.3 is 0 Å². The van der Waals surface area contributed by atoms with Crippen LogP contribution in [0, 0.1) is 0 Å². The number of nitrogens with one attached hydrogen (secondary N) is 1. The summed E-state index contributed by atoms with van der Waals surface area (Å²) in [7, 11) is 0. The van der Waals surface area contributed by atoms with E-state index in [1.54, 1.807) is 12.4 Å². The number of nitrogens with two attached hydrogens (primary N) is 1. The van der Waals surface area contributed by atoms with E-state index in [1.807, 2.05) is 17.5 Å². The molecule has 0 unspecified atom stereocenters. The molecule has 2 rings (SSSR count). The van der Waals surface area contributed by atoms with Gasteiger partial charge in [-0.2, -0.15) is 0 Å². The number of hydrogen-bond acceptors (Lipinski definition) is 5. The SMILES string of the molecule is NCc1nc(CC(=O)NCc2cccnc2)cs1. The van der Waals surface area contributed by atoms with Gasteiger partial charge in [0, 0.05) is 30.9 Å². The maximum Gasteiger partial charge on any atom is 0.226 e. The highest BCUT2D eigenvalue weighted by atomic mass is 32.1. The molecule has 2 aromatic heterocycles. The zero-order valence-electron chi connectivity index (χ0n) is 9.80. The zero-order chi connectivity index (χ0) is 12.8. The molecule has 3 N–H and O–H groups in total. The minimum Gasteiger partial charge on any atom is -0.352 e. The quantitative estimate of drug-likeness (QED) is 0.837. The summed E-state index contributed by atoms with van der Waals surface area (Å²) < 4.78 is 0. The van der Waals surface area contributed by atoms with Crippen LogP contribution in [0.25, 0.3) is 0 Å². The fourth-order valence-corrected chi connectivity index (χ4v) is 2.13. The molecule has 0 aliphatic heterocycles. The molecule has 2 heterocycles. The van der Waals surface area contributed by atoms with Crippen molar-refractivity contribution in [2.75, 3.05) is 0 Å². The molecule has 0 radical (unpaired) electrons. The van der Waals surface area contributed by atoms with Gasteiger partial charge in [-0.15, -0.1) is 11.3 Å². The molecule has 0 aliphatic carbocycles. The lowest BCUT2D eigenvalue weighted by atomic mass is 10.2. The van der Waals surface area contributed by atoms with Crippen molar-refractivity contribution in [3.8, 4) is 0 Å². The molecule has 0 saturated heterocycles. The Kier molecular flexibility index (Phi) is 4.38. The van der Waals surface area contributed by atoms with E-state index in [9.17, 15) is 4.79 Å². The van der Waals surface area contributed by atoms with Gasteiger partial charge in [0.25, 0.3) is 0 Å². The maximum absolute atomic E-state index is 11.7. The maximum atomic E-state index is 11.7. The fraction of sp³-hybridized carbons (Fsp3) is 0.250. The van der Waals surface area contributed by atoms with Gasteiger partial charge in [-0.1, -0.05) is 6.07 Å². The van der Waals surface area contributed by atoms with Gasteiger partial charge in [0.05, 0.1) is 12.1 Å². The molecule has 94 valence electrons. The summed E-state index contributed by atoms with van der Waals surface area (Å²) in [6.45, 7) is 0.905. The Labute approximate surface area is 109 Å². The largest absolute Gasteiger partial charge is 0.352 e. The molecule has 18 heavy (non-hydrogen) atoms. The minimum absolute atomic E-state index is 0.0484. The second-order valence-electron chi connectivity index (χ2n) is 3.75. The van der Waals surface area contributed by atoms with Gasteiger partial charge in [-0.3, -0.25) is 9.78 Å². The van der Waals surface area contributed by atoms with E-state index in [2.05, 4.69) is 15.3 Å². The van der Waals surface area contributed by atoms with Gasteiger partial charge in [0.1, 0.15) is 5.01 Å². The molecule has 2 aromatic rings. The Morgan fingerprint density at radius 3 is 3.06 bits per heavy atom. The summed E-state index contributed by atoms with van der Waals surface area (Å²) in [5.74, 6) is -0.0484. The molecule has 0 aromatic carbocycles. The standard InChI is InChI=1S/C12H14N4OS/c13-5-12-16-10(8-18-12)4-11(17)15-7-9-2-1-3-14-6-9/h1-3,6,8H,4-5,7,13H2,(H,15,17). The van der Waals surface area contributed by atoms with E-state index >= 15 is 0 Å². The molecule has 0 fully saturated rings. The van der Waals surface area contributed by atoms with Crippen LogP contribution in [0.4, 0.5) is 0 Å². The first kappa shape index (κ1) is 12.7. The average Bonchev–Trinajstić information content (AvgIpc) is 2.85. The number of hydrogen-bond donors (Lipinski definition) is 2. The summed E-state index contributed by atoms with van der Waals surface area (Å²) in [5, 5.41) is 5.55. The van der Waals surface area contributed by atoms with Gasteiger partial charge in [-0.05, 0) is 11.6 Å². The Hall–Kier alpha value is -1.79. The molecule has 0 atom stereocenters. The Bertz CT molecular complexity index is 512. The van der Waals surface area contributed by atoms with Crippen molar-refractivity contribution in [1.29, 1.82) is 0 Å². The number of pyridine rings is 1. The van der Waals surface area contributed by atoms with Crippen molar-refractivity contribution in [2.24, 2.45) is 5.73 Å². The lowest BCUT2D eigenvalue weighted by Crippen LogP contribution is -2.24. The Morgan fingerprint density at radius 1 is 1.50 bits per heavy atom. The van der Waals surface area contributed by atoms with Crippen LogP contribution in [0.1, 0.15) is 16.3 Å². The highest BCUT2D eigenvalue weighted by Crippen LogP contribution is 2.09. The molecule has 5 nitrogen and oxygen atoms in total. The second kappa shape index (κ2) is 6.23. The Morgan fingerprint density at radius 2 is 2.39 bits per heavy atom. The lowest BCUT2D eigenvalue weighted by Gasteiger charge is -2.03. The van der Waals surface area contributed by atoms with Crippen LogP contribution in [-0.2, 0) is 24.3 Å². The molecular weight excluding hydrogens is 248 g/mol. The third kappa shape index (κ3) is 3.61. The minimum atomic E-state index is -0.0484. The number of nitrogens with zero attached hydrogens (tertiary/aromatic N) is 2. The number of aromatic nitrogens is 2. The summed E-state index contributed by atoms with van der Waals surface area (Å²) in [5.41, 5.74) is 7.22. The predicted molar refractivity (Wildman–Crippen MR) is 69.8 cm³/mol. The average molecular weight is 262 g/mol. The first-order valence-corrected chi connectivity index (χ1v) is 6.45. The summed E-state index contributed by atoms with van der Waals surface area (Å²) in [6.07, 6.45) is 3.72. The normalized spacial score (nSPS) is 10.3. The molecule has 0 saturated carbocycles. The molecule has 0 aliphatic rings. The third-order valence-electron chi connectivity index (χ3n) is 2.33. The first-order valence-electron chi connectivity index (χ1n) is 5.57. The summed E-state index contributed by atoms with van der Waals surface area (Å²) >= 11 is 1.48. The predicted octanol–water partition coefficient (Wildman–Crippen LogP) is 0.856. The highest BCUT2D eigenvalue weighted by Gasteiger charge is 2.06. The molecule has 0 bridgehead atoms. The monoisotopic (exact) mass is 262 g/mol. The molecule has 1 amide bonds. The van der Waals surface area contributed by atoms with E-state index in [4.69, 9.17) is 5.73 Å². The van der Waals surface area contributed by atoms with Gasteiger partial charge in [-0.25, -0.2) is 4.98 Å². The molecule has 6 heteroatoms. The Balaban J connectivity index is 1.82. The van der Waals surface area contributed by atoms with Crippen LogP contribution in [0.15, 0.2) is 29.9 Å². The van der Waals surface area contributed by atoms with Crippen LogP contribution >= 0.6 is 11.3 Å². The number of thiazole rings is 1. The van der Waals surface area contributed by atoms with Gasteiger partial charge < -0.3 is 11.1 Å². The van der Waals surface area contributed by atoms with E-state index in [0.29, 0.717) is 13.1 Å². The van der Waals surface area contributed by atoms with Crippen molar-refractivity contribution >= 4 is 17.2 Å². The van der Waals surface area contributed by atoms with Crippen molar-refractivity contribution in [3.05, 3.63) is 46.2 Å². The smallest absolute Gasteiger partial charge is 0.226 e. The summed E-state index contributed by atoms with van der Waals surface area (Å²) in [6, 6.07) is 3.76. The number of carbonyl (C=O) groups excluding carboxylic acids is 1. The number of rotatable bonds is 5. The molecular formula is C12H14N4OS. The van der Waals surface area contributed by atoms with Crippen molar-refractivity contribution in [2.45, 2.75) is 19.5 Å². The van der Waals surface area contributed by atoms with Crippen molar-refractivity contribution in [3.63, 3.8) is 0 Å². The van der Waals surface area contributed by atoms with Crippen LogP contribution in [0.3, 0.4) is 0 Å².